The first-order valence-electron chi connectivity index (χ1n) is 10.7. The summed E-state index contributed by atoms with van der Waals surface area (Å²) in [5.41, 5.74) is 10.1. The van der Waals surface area contributed by atoms with E-state index >= 15 is 0 Å². The topological polar surface area (TPSA) is 101 Å². The van der Waals surface area contributed by atoms with Crippen molar-refractivity contribution in [1.82, 2.24) is 15.0 Å². The van der Waals surface area contributed by atoms with Crippen LogP contribution in [0.2, 0.25) is 0 Å². The Morgan fingerprint density at radius 3 is 2.35 bits per heavy atom. The summed E-state index contributed by atoms with van der Waals surface area (Å²) in [5, 5.41) is 10.7. The fraction of sp³-hybridized carbons (Fsp3) is 0.375. The predicted molar refractivity (Wildman–Crippen MR) is 124 cm³/mol. The fourth-order valence-corrected chi connectivity index (χ4v) is 3.79. The van der Waals surface area contributed by atoms with Gasteiger partial charge in [-0.15, -0.1) is 0 Å². The molecule has 1 fully saturated rings. The highest BCUT2D eigenvalue weighted by Crippen LogP contribution is 2.37. The SMILES string of the molecule is CC(C)N.Cc1nc2c(C)c(O)c(-c3ccc4nc(N5CCCC5)ccc4n3)cc2o1. The van der Waals surface area contributed by atoms with Crippen LogP contribution in [-0.2, 0) is 0 Å². The molecule has 7 heteroatoms. The van der Waals surface area contributed by atoms with E-state index in [2.05, 4.69) is 9.88 Å². The molecule has 0 atom stereocenters. The lowest BCUT2D eigenvalue weighted by atomic mass is 10.0. The summed E-state index contributed by atoms with van der Waals surface area (Å²) in [4.78, 5) is 16.1. The first-order valence-corrected chi connectivity index (χ1v) is 10.7. The Morgan fingerprint density at radius 1 is 1.00 bits per heavy atom. The maximum absolute atomic E-state index is 10.7. The summed E-state index contributed by atoms with van der Waals surface area (Å²) in [5.74, 6) is 1.77. The molecule has 4 aromatic rings. The zero-order chi connectivity index (χ0) is 22.1. The quantitative estimate of drug-likeness (QED) is 0.485. The summed E-state index contributed by atoms with van der Waals surface area (Å²) < 4.78 is 5.66. The molecule has 5 rings (SSSR count). The standard InChI is InChI=1S/C21H20N4O2.C3H9N/c1-12-20-18(27-13(2)22-20)11-14(21(12)26)15-5-6-17-16(23-15)7-8-19(24-17)25-9-3-4-10-25;1-3(2)4/h5-8,11,26H,3-4,9-10H2,1-2H3;3H,4H2,1-2H3. The number of aromatic hydroxyl groups is 1. The van der Waals surface area contributed by atoms with Crippen LogP contribution in [0.3, 0.4) is 0 Å². The highest BCUT2D eigenvalue weighted by Gasteiger charge is 2.17. The van der Waals surface area contributed by atoms with Gasteiger partial charge in [0.05, 0.1) is 16.7 Å². The van der Waals surface area contributed by atoms with Gasteiger partial charge in [-0.2, -0.15) is 0 Å². The number of nitrogens with zero attached hydrogens (tertiary/aromatic N) is 4. The number of phenolic OH excluding ortho intramolecular Hbond substituents is 1. The van der Waals surface area contributed by atoms with Crippen molar-refractivity contribution in [3.8, 4) is 17.0 Å². The van der Waals surface area contributed by atoms with E-state index in [0.29, 0.717) is 39.9 Å². The van der Waals surface area contributed by atoms with E-state index in [9.17, 15) is 5.11 Å². The van der Waals surface area contributed by atoms with E-state index < -0.39 is 0 Å². The van der Waals surface area contributed by atoms with Gasteiger partial charge in [0.15, 0.2) is 11.5 Å². The maximum Gasteiger partial charge on any atom is 0.192 e. The summed E-state index contributed by atoms with van der Waals surface area (Å²) in [6, 6.07) is 10.0. The average Bonchev–Trinajstić information content (AvgIpc) is 3.39. The molecule has 0 amide bonds. The monoisotopic (exact) mass is 419 g/mol. The van der Waals surface area contributed by atoms with Crippen molar-refractivity contribution in [3.63, 3.8) is 0 Å². The first kappa shape index (κ1) is 21.1. The lowest BCUT2D eigenvalue weighted by Gasteiger charge is -2.16. The molecule has 7 nitrogen and oxygen atoms in total. The average molecular weight is 420 g/mol. The number of nitrogens with two attached hydrogens (primary N) is 1. The van der Waals surface area contributed by atoms with Crippen molar-refractivity contribution >= 4 is 28.0 Å². The molecule has 0 bridgehead atoms. The molecule has 1 aromatic carbocycles. The third-order valence-electron chi connectivity index (χ3n) is 5.23. The van der Waals surface area contributed by atoms with Crippen LogP contribution in [-0.4, -0.2) is 39.2 Å². The molecule has 0 radical (unpaired) electrons. The Balaban J connectivity index is 0.000000535. The number of hydrogen-bond donors (Lipinski definition) is 2. The molecule has 162 valence electrons. The lowest BCUT2D eigenvalue weighted by molar-refractivity contribution is 0.473. The van der Waals surface area contributed by atoms with Crippen molar-refractivity contribution in [1.29, 1.82) is 0 Å². The second-order valence-corrected chi connectivity index (χ2v) is 8.32. The van der Waals surface area contributed by atoms with E-state index in [0.717, 1.165) is 29.9 Å². The summed E-state index contributed by atoms with van der Waals surface area (Å²) >= 11 is 0. The zero-order valence-corrected chi connectivity index (χ0v) is 18.5. The second kappa shape index (κ2) is 8.51. The Bertz CT molecular complexity index is 1220. The minimum atomic E-state index is 0.185. The van der Waals surface area contributed by atoms with Gasteiger partial charge in [0.25, 0.3) is 0 Å². The molecule has 0 saturated carbocycles. The number of anilines is 1. The summed E-state index contributed by atoms with van der Waals surface area (Å²) in [6.45, 7) is 9.66. The Morgan fingerprint density at radius 2 is 1.65 bits per heavy atom. The molecule has 3 aromatic heterocycles. The van der Waals surface area contributed by atoms with E-state index in [1.165, 1.54) is 12.8 Å². The third kappa shape index (κ3) is 4.32. The van der Waals surface area contributed by atoms with Crippen LogP contribution >= 0.6 is 0 Å². The highest BCUT2D eigenvalue weighted by molar-refractivity contribution is 5.89. The minimum Gasteiger partial charge on any atom is -0.507 e. The number of hydrogen-bond acceptors (Lipinski definition) is 7. The van der Waals surface area contributed by atoms with Crippen molar-refractivity contribution in [2.24, 2.45) is 5.73 Å². The summed E-state index contributed by atoms with van der Waals surface area (Å²) in [6.07, 6.45) is 2.44. The number of aryl methyl sites for hydroxylation is 2. The normalized spacial score (nSPS) is 13.8. The van der Waals surface area contributed by atoms with Gasteiger partial charge in [-0.25, -0.2) is 15.0 Å². The minimum absolute atomic E-state index is 0.185. The molecule has 1 aliphatic rings. The molecule has 31 heavy (non-hydrogen) atoms. The van der Waals surface area contributed by atoms with Crippen molar-refractivity contribution in [2.75, 3.05) is 18.0 Å². The molecule has 3 N–H and O–H groups in total. The van der Waals surface area contributed by atoms with Crippen LogP contribution in [0.15, 0.2) is 34.7 Å². The van der Waals surface area contributed by atoms with E-state index in [1.807, 2.05) is 45.0 Å². The Kier molecular flexibility index (Phi) is 5.78. The second-order valence-electron chi connectivity index (χ2n) is 8.32. The Hall–Kier alpha value is -3.19. The van der Waals surface area contributed by atoms with Crippen LogP contribution in [0.1, 0.15) is 38.1 Å². The number of rotatable bonds is 2. The predicted octanol–water partition coefficient (Wildman–Crippen LogP) is 4.71. The number of aromatic nitrogens is 3. The van der Waals surface area contributed by atoms with Gasteiger partial charge in [0.1, 0.15) is 17.1 Å². The maximum atomic E-state index is 10.7. The third-order valence-corrected chi connectivity index (χ3v) is 5.23. The smallest absolute Gasteiger partial charge is 0.192 e. The van der Waals surface area contributed by atoms with Crippen LogP contribution in [0, 0.1) is 13.8 Å². The van der Waals surface area contributed by atoms with Gasteiger partial charge in [-0.1, -0.05) is 13.8 Å². The summed E-state index contributed by atoms with van der Waals surface area (Å²) in [7, 11) is 0. The fourth-order valence-electron chi connectivity index (χ4n) is 3.79. The number of oxazole rings is 1. The van der Waals surface area contributed by atoms with Gasteiger partial charge in [-0.05, 0) is 56.1 Å². The van der Waals surface area contributed by atoms with E-state index in [1.54, 1.807) is 13.0 Å². The molecule has 0 spiro atoms. The molecule has 1 saturated heterocycles. The van der Waals surface area contributed by atoms with Gasteiger partial charge < -0.3 is 20.2 Å². The molecule has 4 heterocycles. The van der Waals surface area contributed by atoms with Gasteiger partial charge in [0.2, 0.25) is 0 Å². The Labute approximate surface area is 181 Å². The first-order chi connectivity index (χ1) is 14.8. The van der Waals surface area contributed by atoms with Crippen molar-refractivity contribution in [3.05, 3.63) is 41.8 Å². The molecular weight excluding hydrogens is 390 g/mol. The number of phenols is 1. The number of pyridine rings is 2. The van der Waals surface area contributed by atoms with Crippen molar-refractivity contribution < 1.29 is 9.52 Å². The molecule has 1 aliphatic heterocycles. The van der Waals surface area contributed by atoms with Gasteiger partial charge in [0, 0.05) is 31.1 Å². The van der Waals surface area contributed by atoms with E-state index in [4.69, 9.17) is 20.1 Å². The van der Waals surface area contributed by atoms with Gasteiger partial charge >= 0.3 is 0 Å². The van der Waals surface area contributed by atoms with Crippen LogP contribution in [0.25, 0.3) is 33.4 Å². The number of fused-ring (bicyclic) bond motifs is 2. The van der Waals surface area contributed by atoms with Crippen molar-refractivity contribution in [2.45, 2.75) is 46.6 Å². The van der Waals surface area contributed by atoms with Crippen LogP contribution in [0.4, 0.5) is 5.82 Å². The lowest BCUT2D eigenvalue weighted by Crippen LogP contribution is -2.18. The van der Waals surface area contributed by atoms with E-state index in [-0.39, 0.29) is 5.75 Å². The number of benzene rings is 1. The zero-order valence-electron chi connectivity index (χ0n) is 18.5. The van der Waals surface area contributed by atoms with Gasteiger partial charge in [-0.3, -0.25) is 0 Å². The highest BCUT2D eigenvalue weighted by atomic mass is 16.3. The largest absolute Gasteiger partial charge is 0.507 e. The molecular formula is C24H29N5O2. The molecule has 0 aliphatic carbocycles. The van der Waals surface area contributed by atoms with Crippen LogP contribution < -0.4 is 10.6 Å². The van der Waals surface area contributed by atoms with Crippen LogP contribution in [0.5, 0.6) is 5.75 Å². The molecule has 0 unspecified atom stereocenters.